The summed E-state index contributed by atoms with van der Waals surface area (Å²) < 4.78 is 0. The molecule has 0 saturated carbocycles. The lowest BCUT2D eigenvalue weighted by Gasteiger charge is -2.22. The van der Waals surface area contributed by atoms with E-state index in [9.17, 15) is 5.11 Å². The van der Waals surface area contributed by atoms with Crippen LogP contribution in [0.3, 0.4) is 0 Å². The zero-order valence-corrected chi connectivity index (χ0v) is 11.0. The highest BCUT2D eigenvalue weighted by molar-refractivity contribution is 5.62. The minimum atomic E-state index is -0.527. The van der Waals surface area contributed by atoms with Crippen molar-refractivity contribution >= 4 is 11.5 Å². The normalized spacial score (nSPS) is 12.2. The fourth-order valence-corrected chi connectivity index (χ4v) is 1.97. The van der Waals surface area contributed by atoms with Crippen molar-refractivity contribution in [2.45, 2.75) is 20.0 Å². The summed E-state index contributed by atoms with van der Waals surface area (Å²) in [6.07, 6.45) is 1.22. The molecule has 0 fully saturated rings. The molecule has 3 nitrogen and oxygen atoms in total. The first kappa shape index (κ1) is 12.6. The van der Waals surface area contributed by atoms with Gasteiger partial charge in [-0.05, 0) is 37.6 Å². The smallest absolute Gasteiger partial charge is 0.138 e. The first-order valence-electron chi connectivity index (χ1n) is 6.03. The second-order valence-electron chi connectivity index (χ2n) is 4.49. The molecule has 3 heteroatoms. The van der Waals surface area contributed by atoms with E-state index in [-0.39, 0.29) is 0 Å². The highest BCUT2D eigenvalue weighted by atomic mass is 16.3. The Balaban J connectivity index is 2.43. The van der Waals surface area contributed by atoms with Gasteiger partial charge in [-0.3, -0.25) is 0 Å². The average Bonchev–Trinajstić information content (AvgIpc) is 2.38. The molecule has 0 bridgehead atoms. The number of hydrogen-bond donors (Lipinski definition) is 1. The van der Waals surface area contributed by atoms with E-state index < -0.39 is 6.10 Å². The summed E-state index contributed by atoms with van der Waals surface area (Å²) in [6.45, 7) is 3.82. The average molecular weight is 242 g/mol. The Labute approximate surface area is 108 Å². The van der Waals surface area contributed by atoms with Crippen molar-refractivity contribution in [1.29, 1.82) is 0 Å². The van der Waals surface area contributed by atoms with Crippen molar-refractivity contribution in [3.05, 3.63) is 53.7 Å². The number of nitrogens with zero attached hydrogens (tertiary/aromatic N) is 2. The van der Waals surface area contributed by atoms with Crippen molar-refractivity contribution in [2.75, 3.05) is 11.9 Å². The number of benzene rings is 1. The van der Waals surface area contributed by atoms with Crippen LogP contribution in [0.5, 0.6) is 0 Å². The minimum Gasteiger partial charge on any atom is -0.389 e. The molecule has 1 atom stereocenters. The van der Waals surface area contributed by atoms with Crippen molar-refractivity contribution in [3.8, 4) is 0 Å². The van der Waals surface area contributed by atoms with Crippen molar-refractivity contribution in [3.63, 3.8) is 0 Å². The van der Waals surface area contributed by atoms with Crippen LogP contribution in [0.25, 0.3) is 0 Å². The molecule has 18 heavy (non-hydrogen) atoms. The van der Waals surface area contributed by atoms with Gasteiger partial charge in [0, 0.05) is 24.5 Å². The third-order valence-corrected chi connectivity index (χ3v) is 2.97. The zero-order chi connectivity index (χ0) is 13.1. The van der Waals surface area contributed by atoms with Crippen LogP contribution in [0.4, 0.5) is 11.5 Å². The van der Waals surface area contributed by atoms with Gasteiger partial charge < -0.3 is 10.0 Å². The maximum absolute atomic E-state index is 9.79. The molecule has 1 aromatic carbocycles. The fraction of sp³-hybridized carbons (Fsp3) is 0.267. The number of aromatic nitrogens is 1. The molecule has 0 aliphatic carbocycles. The molecule has 0 aliphatic heterocycles. The van der Waals surface area contributed by atoms with Gasteiger partial charge in [0.25, 0.3) is 0 Å². The molecule has 0 unspecified atom stereocenters. The molecule has 0 amide bonds. The summed E-state index contributed by atoms with van der Waals surface area (Å²) in [6, 6.07) is 12.0. The molecule has 2 rings (SSSR count). The van der Waals surface area contributed by atoms with Gasteiger partial charge >= 0.3 is 0 Å². The third-order valence-electron chi connectivity index (χ3n) is 2.97. The van der Waals surface area contributed by atoms with Gasteiger partial charge in [0.1, 0.15) is 5.82 Å². The SMILES string of the molecule is Cc1cccc(N(C)c2ncccc2[C@H](C)O)c1. The Bertz CT molecular complexity index is 538. The summed E-state index contributed by atoms with van der Waals surface area (Å²) in [5.74, 6) is 0.790. The molecule has 1 aromatic heterocycles. The Kier molecular flexibility index (Phi) is 3.63. The molecule has 1 heterocycles. The predicted octanol–water partition coefficient (Wildman–Crippen LogP) is 3.21. The van der Waals surface area contributed by atoms with Gasteiger partial charge in [0.15, 0.2) is 0 Å². The van der Waals surface area contributed by atoms with E-state index in [1.165, 1.54) is 5.56 Å². The topological polar surface area (TPSA) is 36.4 Å². The van der Waals surface area contributed by atoms with Crippen LogP contribution < -0.4 is 4.90 Å². The Morgan fingerprint density at radius 1 is 1.22 bits per heavy atom. The van der Waals surface area contributed by atoms with Gasteiger partial charge in [0.2, 0.25) is 0 Å². The van der Waals surface area contributed by atoms with E-state index in [1.54, 1.807) is 13.1 Å². The highest BCUT2D eigenvalue weighted by Crippen LogP contribution is 2.28. The predicted molar refractivity (Wildman–Crippen MR) is 74.1 cm³/mol. The number of aryl methyl sites for hydroxylation is 1. The number of pyridine rings is 1. The Morgan fingerprint density at radius 2 is 2.00 bits per heavy atom. The minimum absolute atomic E-state index is 0.527. The second-order valence-corrected chi connectivity index (χ2v) is 4.49. The van der Waals surface area contributed by atoms with Crippen LogP contribution in [0.1, 0.15) is 24.2 Å². The van der Waals surface area contributed by atoms with Gasteiger partial charge in [-0.1, -0.05) is 18.2 Å². The maximum Gasteiger partial charge on any atom is 0.138 e. The summed E-state index contributed by atoms with van der Waals surface area (Å²) in [7, 11) is 1.96. The Morgan fingerprint density at radius 3 is 2.67 bits per heavy atom. The number of hydrogen-bond acceptors (Lipinski definition) is 3. The molecular formula is C15H18N2O. The van der Waals surface area contributed by atoms with Crippen LogP contribution >= 0.6 is 0 Å². The molecular weight excluding hydrogens is 224 g/mol. The lowest BCUT2D eigenvalue weighted by molar-refractivity contribution is 0.199. The molecule has 0 spiro atoms. The maximum atomic E-state index is 9.79. The van der Waals surface area contributed by atoms with Gasteiger partial charge in [-0.15, -0.1) is 0 Å². The summed E-state index contributed by atoms with van der Waals surface area (Å²) in [4.78, 5) is 6.37. The van der Waals surface area contributed by atoms with Crippen LogP contribution in [0.15, 0.2) is 42.6 Å². The van der Waals surface area contributed by atoms with Gasteiger partial charge in [-0.25, -0.2) is 4.98 Å². The summed E-state index contributed by atoms with van der Waals surface area (Å²) in [5.41, 5.74) is 3.10. The molecule has 0 radical (unpaired) electrons. The molecule has 94 valence electrons. The van der Waals surface area contributed by atoms with Crippen LogP contribution in [-0.4, -0.2) is 17.1 Å². The van der Waals surface area contributed by atoms with E-state index in [0.717, 1.165) is 17.1 Å². The van der Waals surface area contributed by atoms with Crippen molar-refractivity contribution in [1.82, 2.24) is 4.98 Å². The Hall–Kier alpha value is -1.87. The van der Waals surface area contributed by atoms with Crippen LogP contribution in [0, 0.1) is 6.92 Å². The standard InChI is InChI=1S/C15H18N2O/c1-11-6-4-7-13(10-11)17(3)15-14(12(2)18)8-5-9-16-15/h4-10,12,18H,1-3H3/t12-/m0/s1. The van der Waals surface area contributed by atoms with Crippen LogP contribution in [-0.2, 0) is 0 Å². The zero-order valence-electron chi connectivity index (χ0n) is 11.0. The second kappa shape index (κ2) is 5.19. The van der Waals surface area contributed by atoms with Gasteiger partial charge in [0.05, 0.1) is 6.10 Å². The summed E-state index contributed by atoms with van der Waals surface area (Å²) in [5, 5.41) is 9.79. The third kappa shape index (κ3) is 2.51. The van der Waals surface area contributed by atoms with E-state index in [2.05, 4.69) is 24.0 Å². The number of aliphatic hydroxyl groups is 1. The lowest BCUT2D eigenvalue weighted by atomic mass is 10.1. The molecule has 1 N–H and O–H groups in total. The van der Waals surface area contributed by atoms with Crippen molar-refractivity contribution in [2.24, 2.45) is 0 Å². The highest BCUT2D eigenvalue weighted by Gasteiger charge is 2.13. The van der Waals surface area contributed by atoms with E-state index in [4.69, 9.17) is 0 Å². The first-order valence-corrected chi connectivity index (χ1v) is 6.03. The quantitative estimate of drug-likeness (QED) is 0.897. The number of aliphatic hydroxyl groups excluding tert-OH is 1. The molecule has 2 aromatic rings. The monoisotopic (exact) mass is 242 g/mol. The first-order chi connectivity index (χ1) is 8.59. The van der Waals surface area contributed by atoms with Gasteiger partial charge in [-0.2, -0.15) is 0 Å². The summed E-state index contributed by atoms with van der Waals surface area (Å²) >= 11 is 0. The number of rotatable bonds is 3. The number of anilines is 2. The van der Waals surface area contributed by atoms with E-state index in [1.807, 2.05) is 36.2 Å². The lowest BCUT2D eigenvalue weighted by Crippen LogP contribution is -2.14. The van der Waals surface area contributed by atoms with Crippen molar-refractivity contribution < 1.29 is 5.11 Å². The fourth-order valence-electron chi connectivity index (χ4n) is 1.97. The largest absolute Gasteiger partial charge is 0.389 e. The van der Waals surface area contributed by atoms with E-state index >= 15 is 0 Å². The van der Waals surface area contributed by atoms with E-state index in [0.29, 0.717) is 0 Å². The molecule has 0 saturated heterocycles. The molecule has 0 aliphatic rings. The van der Waals surface area contributed by atoms with Crippen LogP contribution in [0.2, 0.25) is 0 Å².